The monoisotopic (exact) mass is 625 g/mol. The van der Waals surface area contributed by atoms with Crippen LogP contribution in [0.15, 0.2) is 47.9 Å². The summed E-state index contributed by atoms with van der Waals surface area (Å²) in [6.07, 6.45) is 21.2. The molecule has 0 bridgehead atoms. The molecule has 0 aromatic carbocycles. The fourth-order valence-corrected chi connectivity index (χ4v) is 4.06. The van der Waals surface area contributed by atoms with Crippen LogP contribution in [-0.2, 0) is 24.0 Å². The lowest BCUT2D eigenvalue weighted by Gasteiger charge is -2.18. The van der Waals surface area contributed by atoms with E-state index in [4.69, 9.17) is 5.11 Å². The van der Waals surface area contributed by atoms with Gasteiger partial charge in [0.05, 0.1) is 0 Å². The molecule has 2 amide bonds. The minimum atomic E-state index is -1.60. The molecule has 0 spiro atoms. The van der Waals surface area contributed by atoms with E-state index in [2.05, 4.69) is 35.5 Å². The SMILES string of the molecule is CCCCCCCCCCCC=CC=CC=CC(O)=C(N[C@@H](CCC(=O)N[C@@H](CS)C(=O)NCC(=O)O)C(=O)O)C(=O)O. The number of carboxylic acids is 3. The summed E-state index contributed by atoms with van der Waals surface area (Å²) < 4.78 is 0. The Bertz CT molecular complexity index is 1010. The maximum absolute atomic E-state index is 12.2. The number of rotatable bonds is 25. The van der Waals surface area contributed by atoms with Gasteiger partial charge in [0, 0.05) is 12.2 Å². The topological polar surface area (TPSA) is 202 Å². The first kappa shape index (κ1) is 39.3. The smallest absolute Gasteiger partial charge is 0.355 e. The maximum Gasteiger partial charge on any atom is 0.355 e. The highest BCUT2D eigenvalue weighted by Gasteiger charge is 2.25. The fourth-order valence-electron chi connectivity index (χ4n) is 3.80. The van der Waals surface area contributed by atoms with Crippen molar-refractivity contribution < 1.29 is 44.4 Å². The number of aliphatic hydroxyl groups excluding tert-OH is 1. The summed E-state index contributed by atoms with van der Waals surface area (Å²) in [7, 11) is 0. The maximum atomic E-state index is 12.2. The van der Waals surface area contributed by atoms with Gasteiger partial charge in [-0.15, -0.1) is 0 Å². The lowest BCUT2D eigenvalue weighted by molar-refractivity contribution is -0.140. The number of carboxylic acid groups (broad SMARTS) is 3. The number of allylic oxidation sites excluding steroid dienone is 6. The van der Waals surface area contributed by atoms with Crippen LogP contribution in [0, 0.1) is 0 Å². The van der Waals surface area contributed by atoms with E-state index in [0.29, 0.717) is 0 Å². The van der Waals surface area contributed by atoms with Gasteiger partial charge in [-0.2, -0.15) is 12.6 Å². The number of amides is 2. The third kappa shape index (κ3) is 20.7. The van der Waals surface area contributed by atoms with Crippen LogP contribution in [0.25, 0.3) is 0 Å². The highest BCUT2D eigenvalue weighted by atomic mass is 32.1. The van der Waals surface area contributed by atoms with Crippen molar-refractivity contribution in [3.63, 3.8) is 0 Å². The highest BCUT2D eigenvalue weighted by molar-refractivity contribution is 7.80. The van der Waals surface area contributed by atoms with E-state index in [1.165, 1.54) is 57.4 Å². The molecule has 0 rings (SSSR count). The zero-order valence-corrected chi connectivity index (χ0v) is 25.7. The van der Waals surface area contributed by atoms with Crippen LogP contribution in [0.1, 0.15) is 84.0 Å². The Hall–Kier alpha value is -3.74. The first-order valence-electron chi connectivity index (χ1n) is 14.6. The Labute approximate surface area is 258 Å². The molecule has 0 aliphatic heterocycles. The second kappa shape index (κ2) is 24.8. The molecule has 0 aliphatic rings. The van der Waals surface area contributed by atoms with E-state index in [1.807, 2.05) is 12.2 Å². The summed E-state index contributed by atoms with van der Waals surface area (Å²) in [4.78, 5) is 58.1. The molecule has 7 N–H and O–H groups in total. The van der Waals surface area contributed by atoms with Crippen molar-refractivity contribution in [1.82, 2.24) is 16.0 Å². The molecule has 13 heteroatoms. The summed E-state index contributed by atoms with van der Waals surface area (Å²) in [6.45, 7) is 1.56. The Morgan fingerprint density at radius 2 is 1.37 bits per heavy atom. The normalized spacial score (nSPS) is 13.5. The van der Waals surface area contributed by atoms with Gasteiger partial charge in [0.1, 0.15) is 24.4 Å². The number of unbranched alkanes of at least 4 members (excludes halogenated alkanes) is 9. The molecule has 43 heavy (non-hydrogen) atoms. The minimum absolute atomic E-state index is 0.145. The van der Waals surface area contributed by atoms with Gasteiger partial charge in [-0.05, 0) is 25.3 Å². The van der Waals surface area contributed by atoms with Crippen molar-refractivity contribution in [2.24, 2.45) is 0 Å². The molecule has 0 aromatic rings. The summed E-state index contributed by atoms with van der Waals surface area (Å²) in [5.41, 5.74) is -0.764. The van der Waals surface area contributed by atoms with Crippen molar-refractivity contribution in [3.05, 3.63) is 47.9 Å². The van der Waals surface area contributed by atoms with Gasteiger partial charge in [0.15, 0.2) is 5.70 Å². The van der Waals surface area contributed by atoms with Crippen LogP contribution in [0.5, 0.6) is 0 Å². The average molecular weight is 626 g/mol. The summed E-state index contributed by atoms with van der Waals surface area (Å²) in [5.74, 6) is -6.72. The van der Waals surface area contributed by atoms with Crippen LogP contribution in [-0.4, -0.2) is 74.5 Å². The van der Waals surface area contributed by atoms with Gasteiger partial charge in [0.2, 0.25) is 11.8 Å². The number of aliphatic carboxylic acids is 3. The lowest BCUT2D eigenvalue weighted by atomic mass is 10.1. The van der Waals surface area contributed by atoms with Gasteiger partial charge in [-0.1, -0.05) is 88.7 Å². The Kier molecular flexibility index (Phi) is 22.7. The summed E-state index contributed by atoms with van der Waals surface area (Å²) >= 11 is 3.94. The second-order valence-corrected chi connectivity index (χ2v) is 10.2. The van der Waals surface area contributed by atoms with Crippen molar-refractivity contribution in [3.8, 4) is 0 Å². The van der Waals surface area contributed by atoms with E-state index >= 15 is 0 Å². The first-order chi connectivity index (χ1) is 20.5. The molecule has 0 aromatic heterocycles. The summed E-state index contributed by atoms with van der Waals surface area (Å²) in [6, 6.07) is -2.71. The Balaban J connectivity index is 4.79. The molecule has 0 saturated heterocycles. The number of thiol groups is 1. The average Bonchev–Trinajstić information content (AvgIpc) is 2.96. The van der Waals surface area contributed by atoms with Crippen molar-refractivity contribution in [1.29, 1.82) is 0 Å². The molecule has 2 atom stereocenters. The van der Waals surface area contributed by atoms with E-state index in [0.717, 1.165) is 18.9 Å². The molecular weight excluding hydrogens is 578 g/mol. The van der Waals surface area contributed by atoms with Gasteiger partial charge in [-0.3, -0.25) is 14.4 Å². The van der Waals surface area contributed by atoms with Crippen molar-refractivity contribution in [2.45, 2.75) is 96.1 Å². The molecular formula is C30H47N3O9S. The van der Waals surface area contributed by atoms with Gasteiger partial charge in [0.25, 0.3) is 0 Å². The van der Waals surface area contributed by atoms with Crippen LogP contribution in [0.4, 0.5) is 0 Å². The zero-order chi connectivity index (χ0) is 32.5. The van der Waals surface area contributed by atoms with Crippen LogP contribution >= 0.6 is 12.6 Å². The van der Waals surface area contributed by atoms with Gasteiger partial charge >= 0.3 is 17.9 Å². The molecule has 0 fully saturated rings. The highest BCUT2D eigenvalue weighted by Crippen LogP contribution is 2.11. The number of aliphatic hydroxyl groups is 1. The molecule has 0 unspecified atom stereocenters. The van der Waals surface area contributed by atoms with E-state index in [-0.39, 0.29) is 12.2 Å². The quantitative estimate of drug-likeness (QED) is 0.0242. The van der Waals surface area contributed by atoms with Crippen molar-refractivity contribution in [2.75, 3.05) is 12.3 Å². The molecule has 0 saturated carbocycles. The minimum Gasteiger partial charge on any atom is -0.505 e. The number of carbonyl (C=O) groups excluding carboxylic acids is 2. The number of carbonyl (C=O) groups is 5. The second-order valence-electron chi connectivity index (χ2n) is 9.84. The van der Waals surface area contributed by atoms with E-state index < -0.39 is 66.2 Å². The lowest BCUT2D eigenvalue weighted by Crippen LogP contribution is -2.49. The van der Waals surface area contributed by atoms with E-state index in [1.54, 1.807) is 12.2 Å². The predicted octanol–water partition coefficient (Wildman–Crippen LogP) is 3.87. The third-order valence-electron chi connectivity index (χ3n) is 6.19. The molecule has 242 valence electrons. The van der Waals surface area contributed by atoms with Gasteiger partial charge < -0.3 is 36.4 Å². The largest absolute Gasteiger partial charge is 0.505 e. The fraction of sp³-hybridized carbons (Fsp3) is 0.567. The van der Waals surface area contributed by atoms with Crippen LogP contribution in [0.2, 0.25) is 0 Å². The number of hydrogen-bond acceptors (Lipinski definition) is 8. The van der Waals surface area contributed by atoms with Crippen molar-refractivity contribution >= 4 is 42.4 Å². The molecule has 0 heterocycles. The molecule has 0 radical (unpaired) electrons. The molecule has 12 nitrogen and oxygen atoms in total. The first-order valence-corrected chi connectivity index (χ1v) is 15.2. The third-order valence-corrected chi connectivity index (χ3v) is 6.56. The standard InChI is InChI=1S/C30H47N3O9S/c1-2-3-4-5-6-7-8-9-10-11-12-13-14-15-16-17-24(34)27(30(41)42)33-22(29(39)40)18-19-25(35)32-23(21-43)28(38)31-20-26(36)37/h12-17,22-23,33-34,43H,2-11,18-21H2,1H3,(H,31,38)(H,32,35)(H,36,37)(H,39,40)(H,41,42)/t22-,23-/m0/s1. The Morgan fingerprint density at radius 1 is 0.767 bits per heavy atom. The van der Waals surface area contributed by atoms with Crippen LogP contribution in [0.3, 0.4) is 0 Å². The van der Waals surface area contributed by atoms with Gasteiger partial charge in [-0.25, -0.2) is 9.59 Å². The van der Waals surface area contributed by atoms with Crippen LogP contribution < -0.4 is 16.0 Å². The number of nitrogens with one attached hydrogen (secondary N) is 3. The zero-order valence-electron chi connectivity index (χ0n) is 24.8. The predicted molar refractivity (Wildman–Crippen MR) is 167 cm³/mol. The van der Waals surface area contributed by atoms with E-state index in [9.17, 15) is 39.3 Å². The number of hydrogen-bond donors (Lipinski definition) is 8. The summed E-state index contributed by atoms with van der Waals surface area (Å²) in [5, 5.41) is 44.5. The molecule has 0 aliphatic carbocycles. The Morgan fingerprint density at radius 3 is 1.93 bits per heavy atom.